The predicted molar refractivity (Wildman–Crippen MR) is 73.2 cm³/mol. The van der Waals surface area contributed by atoms with Crippen molar-refractivity contribution in [3.63, 3.8) is 0 Å². The van der Waals surface area contributed by atoms with Crippen LogP contribution < -0.4 is 9.64 Å². The average Bonchev–Trinajstić information content (AvgIpc) is 3.21. The number of methoxy groups -OCH3 is 1. The quantitative estimate of drug-likeness (QED) is 0.837. The Labute approximate surface area is 113 Å². The maximum absolute atomic E-state index is 12.3. The fourth-order valence-electron chi connectivity index (χ4n) is 2.29. The number of carbonyl (C=O) groups excluding carboxylic acids is 1. The molecule has 1 fully saturated rings. The van der Waals surface area contributed by atoms with Crippen molar-refractivity contribution in [1.29, 1.82) is 5.26 Å². The van der Waals surface area contributed by atoms with Gasteiger partial charge in [-0.3, -0.25) is 4.79 Å². The maximum atomic E-state index is 12.3. The molecule has 19 heavy (non-hydrogen) atoms. The summed E-state index contributed by atoms with van der Waals surface area (Å²) in [4.78, 5) is 13.9. The van der Waals surface area contributed by atoms with Crippen LogP contribution in [0.4, 0.5) is 5.69 Å². The van der Waals surface area contributed by atoms with Crippen LogP contribution in [0.3, 0.4) is 0 Å². The van der Waals surface area contributed by atoms with Crippen LogP contribution in [-0.2, 0) is 4.79 Å². The molecule has 0 unspecified atom stereocenters. The van der Waals surface area contributed by atoms with E-state index < -0.39 is 5.41 Å². The van der Waals surface area contributed by atoms with Gasteiger partial charge in [-0.1, -0.05) is 0 Å². The molecule has 100 valence electrons. The highest BCUT2D eigenvalue weighted by Gasteiger charge is 2.52. The molecule has 0 bridgehead atoms. The van der Waals surface area contributed by atoms with Crippen LogP contribution in [0.1, 0.15) is 24.0 Å². The third-order valence-electron chi connectivity index (χ3n) is 3.97. The second-order valence-electron chi connectivity index (χ2n) is 5.10. The first-order valence-electron chi connectivity index (χ1n) is 6.30. The van der Waals surface area contributed by atoms with Gasteiger partial charge in [0.15, 0.2) is 0 Å². The molecule has 0 radical (unpaired) electrons. The highest BCUT2D eigenvalue weighted by Crippen LogP contribution is 2.47. The summed E-state index contributed by atoms with van der Waals surface area (Å²) < 4.78 is 5.27. The van der Waals surface area contributed by atoms with Gasteiger partial charge in [0.25, 0.3) is 0 Å². The summed E-state index contributed by atoms with van der Waals surface area (Å²) in [6.45, 7) is 3.93. The van der Waals surface area contributed by atoms with Crippen LogP contribution in [0.2, 0.25) is 0 Å². The van der Waals surface area contributed by atoms with E-state index in [0.29, 0.717) is 12.8 Å². The Kier molecular flexibility index (Phi) is 3.23. The Hall–Kier alpha value is -2.02. The van der Waals surface area contributed by atoms with Crippen molar-refractivity contribution in [3.8, 4) is 11.8 Å². The first-order valence-corrected chi connectivity index (χ1v) is 6.30. The van der Waals surface area contributed by atoms with Crippen molar-refractivity contribution in [2.45, 2.75) is 26.7 Å². The molecule has 0 N–H and O–H groups in total. The summed E-state index contributed by atoms with van der Waals surface area (Å²) in [6.07, 6.45) is 1.34. The summed E-state index contributed by atoms with van der Waals surface area (Å²) in [5, 5.41) is 9.11. The summed E-state index contributed by atoms with van der Waals surface area (Å²) in [5.74, 6) is 0.700. The summed E-state index contributed by atoms with van der Waals surface area (Å²) >= 11 is 0. The topological polar surface area (TPSA) is 53.3 Å². The molecular formula is C15H18N2O2. The summed E-state index contributed by atoms with van der Waals surface area (Å²) in [7, 11) is 3.36. The Morgan fingerprint density at radius 1 is 1.37 bits per heavy atom. The van der Waals surface area contributed by atoms with E-state index in [9.17, 15) is 4.79 Å². The molecule has 4 heteroatoms. The van der Waals surface area contributed by atoms with E-state index >= 15 is 0 Å². The number of nitriles is 1. The molecule has 2 rings (SSSR count). The predicted octanol–water partition coefficient (Wildman–Crippen LogP) is 2.58. The Morgan fingerprint density at radius 2 is 2.00 bits per heavy atom. The van der Waals surface area contributed by atoms with E-state index in [-0.39, 0.29) is 5.91 Å². The van der Waals surface area contributed by atoms with Gasteiger partial charge in [-0.15, -0.1) is 0 Å². The molecule has 0 spiro atoms. The third kappa shape index (κ3) is 2.06. The van der Waals surface area contributed by atoms with Gasteiger partial charge in [0.05, 0.1) is 13.2 Å². The summed E-state index contributed by atoms with van der Waals surface area (Å²) in [5.41, 5.74) is 2.07. The van der Waals surface area contributed by atoms with Gasteiger partial charge in [0.1, 0.15) is 11.2 Å². The standard InChI is InChI=1S/C15H18N2O2/c1-10-11(2)13(19-4)6-5-12(10)17(3)14(18)15(9-16)7-8-15/h5-6H,7-8H2,1-4H3. The largest absolute Gasteiger partial charge is 0.496 e. The van der Waals surface area contributed by atoms with Gasteiger partial charge < -0.3 is 9.64 Å². The second kappa shape index (κ2) is 4.58. The van der Waals surface area contributed by atoms with Crippen LogP contribution in [0, 0.1) is 30.6 Å². The van der Waals surface area contributed by atoms with Crippen LogP contribution in [0.15, 0.2) is 12.1 Å². The number of hydrogen-bond acceptors (Lipinski definition) is 3. The molecule has 0 aromatic heterocycles. The van der Waals surface area contributed by atoms with Gasteiger partial charge in [-0.05, 0) is 49.9 Å². The molecule has 1 aromatic rings. The van der Waals surface area contributed by atoms with Crippen molar-refractivity contribution in [2.24, 2.45) is 5.41 Å². The lowest BCUT2D eigenvalue weighted by molar-refractivity contribution is -0.121. The fraction of sp³-hybridized carbons (Fsp3) is 0.467. The minimum Gasteiger partial charge on any atom is -0.496 e. The van der Waals surface area contributed by atoms with Gasteiger partial charge >= 0.3 is 0 Å². The highest BCUT2D eigenvalue weighted by molar-refractivity contribution is 6.01. The first kappa shape index (κ1) is 13.4. The van der Waals surface area contributed by atoms with E-state index in [1.54, 1.807) is 19.1 Å². The normalized spacial score (nSPS) is 15.5. The fourth-order valence-corrected chi connectivity index (χ4v) is 2.29. The van der Waals surface area contributed by atoms with E-state index in [1.807, 2.05) is 26.0 Å². The molecular weight excluding hydrogens is 240 g/mol. The molecule has 4 nitrogen and oxygen atoms in total. The van der Waals surface area contributed by atoms with Crippen molar-refractivity contribution in [3.05, 3.63) is 23.3 Å². The number of ether oxygens (including phenoxy) is 1. The van der Waals surface area contributed by atoms with Crippen molar-refractivity contribution >= 4 is 11.6 Å². The van der Waals surface area contributed by atoms with Crippen LogP contribution in [0.25, 0.3) is 0 Å². The lowest BCUT2D eigenvalue weighted by atomic mass is 10.0. The molecule has 1 saturated carbocycles. The molecule has 0 heterocycles. The van der Waals surface area contributed by atoms with Crippen LogP contribution in [0.5, 0.6) is 5.75 Å². The Balaban J connectivity index is 2.35. The number of rotatable bonds is 3. The molecule has 0 aliphatic heterocycles. The maximum Gasteiger partial charge on any atom is 0.247 e. The van der Waals surface area contributed by atoms with E-state index in [0.717, 1.165) is 22.6 Å². The third-order valence-corrected chi connectivity index (χ3v) is 3.97. The molecule has 1 aliphatic rings. The van der Waals surface area contributed by atoms with Gasteiger partial charge in [-0.2, -0.15) is 5.26 Å². The minimum atomic E-state index is -0.783. The van der Waals surface area contributed by atoms with Crippen LogP contribution in [-0.4, -0.2) is 20.1 Å². The Morgan fingerprint density at radius 3 is 2.47 bits per heavy atom. The number of nitrogens with zero attached hydrogens (tertiary/aromatic N) is 2. The van der Waals surface area contributed by atoms with E-state index in [4.69, 9.17) is 10.00 Å². The van der Waals surface area contributed by atoms with Gasteiger partial charge in [-0.25, -0.2) is 0 Å². The molecule has 1 amide bonds. The zero-order valence-electron chi connectivity index (χ0n) is 11.8. The zero-order valence-corrected chi connectivity index (χ0v) is 11.8. The summed E-state index contributed by atoms with van der Waals surface area (Å²) in [6, 6.07) is 5.87. The zero-order chi connectivity index (χ0) is 14.2. The first-order chi connectivity index (χ1) is 8.96. The lowest BCUT2D eigenvalue weighted by Crippen LogP contribution is -2.34. The smallest absolute Gasteiger partial charge is 0.247 e. The van der Waals surface area contributed by atoms with Crippen molar-refractivity contribution < 1.29 is 9.53 Å². The SMILES string of the molecule is COc1ccc(N(C)C(=O)C2(C#N)CC2)c(C)c1C. The number of anilines is 1. The molecule has 1 aliphatic carbocycles. The van der Waals surface area contributed by atoms with E-state index in [1.165, 1.54) is 0 Å². The molecule has 0 atom stereocenters. The van der Waals surface area contributed by atoms with Gasteiger partial charge in [0, 0.05) is 12.7 Å². The minimum absolute atomic E-state index is 0.109. The number of carbonyl (C=O) groups is 1. The lowest BCUT2D eigenvalue weighted by Gasteiger charge is -2.23. The van der Waals surface area contributed by atoms with Crippen molar-refractivity contribution in [1.82, 2.24) is 0 Å². The van der Waals surface area contributed by atoms with E-state index in [2.05, 4.69) is 6.07 Å². The number of hydrogen-bond donors (Lipinski definition) is 0. The van der Waals surface area contributed by atoms with Gasteiger partial charge in [0.2, 0.25) is 5.91 Å². The average molecular weight is 258 g/mol. The Bertz CT molecular complexity index is 568. The molecule has 1 aromatic carbocycles. The monoisotopic (exact) mass is 258 g/mol. The van der Waals surface area contributed by atoms with Crippen molar-refractivity contribution in [2.75, 3.05) is 19.1 Å². The van der Waals surface area contributed by atoms with Crippen LogP contribution >= 0.6 is 0 Å². The number of benzene rings is 1. The molecule has 0 saturated heterocycles. The number of amides is 1. The highest BCUT2D eigenvalue weighted by atomic mass is 16.5. The second-order valence-corrected chi connectivity index (χ2v) is 5.10.